The molecule has 2 nitrogen and oxygen atoms in total. The largest absolute Gasteiger partial charge is 0.496 e. The molecule has 0 heterocycles. The molecule has 0 radical (unpaired) electrons. The highest BCUT2D eigenvalue weighted by Gasteiger charge is 2.12. The smallest absolute Gasteiger partial charge is 0.126 e. The quantitative estimate of drug-likeness (QED) is 0.484. The van der Waals surface area contributed by atoms with Gasteiger partial charge in [0, 0.05) is 10.8 Å². The summed E-state index contributed by atoms with van der Waals surface area (Å²) in [4.78, 5) is 0. The first kappa shape index (κ1) is 14.6. The zero-order valence-electron chi connectivity index (χ0n) is 13.7. The molecular weight excluding hydrogens is 296 g/mol. The van der Waals surface area contributed by atoms with Crippen LogP contribution < -0.4 is 9.47 Å². The molecule has 0 spiro atoms. The number of methoxy groups -OCH3 is 2. The summed E-state index contributed by atoms with van der Waals surface area (Å²) in [5.41, 5.74) is 2.40. The minimum absolute atomic E-state index is 0.896. The van der Waals surface area contributed by atoms with Gasteiger partial charge in [0.2, 0.25) is 0 Å². The lowest BCUT2D eigenvalue weighted by atomic mass is 9.93. The average Bonchev–Trinajstić information content (AvgIpc) is 2.66. The van der Waals surface area contributed by atoms with Crippen LogP contribution in [0, 0.1) is 0 Å². The SMILES string of the molecule is COc1ccc(-c2ccc(OC)c3ccccc23)c2ccccc12. The topological polar surface area (TPSA) is 18.5 Å². The van der Waals surface area contributed by atoms with Crippen LogP contribution in [0.4, 0.5) is 0 Å². The molecule has 2 heteroatoms. The molecule has 4 aromatic rings. The number of hydrogen-bond donors (Lipinski definition) is 0. The van der Waals surface area contributed by atoms with Gasteiger partial charge in [0.05, 0.1) is 14.2 Å². The van der Waals surface area contributed by atoms with E-state index in [9.17, 15) is 0 Å². The highest BCUT2D eigenvalue weighted by Crippen LogP contribution is 2.39. The van der Waals surface area contributed by atoms with Gasteiger partial charge in [-0.15, -0.1) is 0 Å². The fourth-order valence-electron chi connectivity index (χ4n) is 3.37. The standard InChI is InChI=1S/C22H18O2/c1-23-21-13-11-17(15-7-3-5-9-19(15)21)18-12-14-22(24-2)20-10-6-4-8-16(18)20/h3-14H,1-2H3. The molecule has 0 saturated carbocycles. The molecule has 4 aromatic carbocycles. The fraction of sp³-hybridized carbons (Fsp3) is 0.0909. The summed E-state index contributed by atoms with van der Waals surface area (Å²) in [6.07, 6.45) is 0. The second kappa shape index (κ2) is 5.89. The Kier molecular flexibility index (Phi) is 3.58. The van der Waals surface area contributed by atoms with E-state index < -0.39 is 0 Å². The van der Waals surface area contributed by atoms with E-state index in [4.69, 9.17) is 9.47 Å². The molecule has 0 fully saturated rings. The van der Waals surface area contributed by atoms with E-state index in [2.05, 4.69) is 48.5 Å². The van der Waals surface area contributed by atoms with Gasteiger partial charge in [0.25, 0.3) is 0 Å². The van der Waals surface area contributed by atoms with E-state index in [-0.39, 0.29) is 0 Å². The van der Waals surface area contributed by atoms with Crippen molar-refractivity contribution in [3.63, 3.8) is 0 Å². The van der Waals surface area contributed by atoms with E-state index >= 15 is 0 Å². The average molecular weight is 314 g/mol. The van der Waals surface area contributed by atoms with Gasteiger partial charge in [0.15, 0.2) is 0 Å². The van der Waals surface area contributed by atoms with E-state index in [0.717, 1.165) is 22.3 Å². The van der Waals surface area contributed by atoms with Gasteiger partial charge in [-0.2, -0.15) is 0 Å². The summed E-state index contributed by atoms with van der Waals surface area (Å²) in [7, 11) is 3.43. The molecule has 0 N–H and O–H groups in total. The summed E-state index contributed by atoms with van der Waals surface area (Å²) < 4.78 is 11.0. The lowest BCUT2D eigenvalue weighted by Gasteiger charge is -2.14. The lowest BCUT2D eigenvalue weighted by Crippen LogP contribution is -1.90. The van der Waals surface area contributed by atoms with E-state index in [0.29, 0.717) is 0 Å². The van der Waals surface area contributed by atoms with Crippen molar-refractivity contribution in [3.05, 3.63) is 72.8 Å². The highest BCUT2D eigenvalue weighted by molar-refractivity contribution is 6.08. The van der Waals surface area contributed by atoms with Crippen molar-refractivity contribution < 1.29 is 9.47 Å². The monoisotopic (exact) mass is 314 g/mol. The molecule has 0 bridgehead atoms. The second-order valence-corrected chi connectivity index (χ2v) is 5.72. The Balaban J connectivity index is 2.08. The molecule has 0 aliphatic carbocycles. The van der Waals surface area contributed by atoms with Crippen LogP contribution in [-0.4, -0.2) is 14.2 Å². The molecule has 0 aromatic heterocycles. The normalized spacial score (nSPS) is 10.9. The predicted molar refractivity (Wildman–Crippen MR) is 100.0 cm³/mol. The van der Waals surface area contributed by atoms with Crippen LogP contribution in [0.25, 0.3) is 32.7 Å². The Labute approximate surface area is 141 Å². The van der Waals surface area contributed by atoms with Crippen LogP contribution in [0.15, 0.2) is 72.8 Å². The van der Waals surface area contributed by atoms with Crippen molar-refractivity contribution >= 4 is 21.5 Å². The van der Waals surface area contributed by atoms with Gasteiger partial charge in [-0.05, 0) is 34.0 Å². The number of fused-ring (bicyclic) bond motifs is 2. The Bertz CT molecular complexity index is 949. The Morgan fingerprint density at radius 1 is 0.458 bits per heavy atom. The van der Waals surface area contributed by atoms with Crippen LogP contribution in [0.3, 0.4) is 0 Å². The van der Waals surface area contributed by atoms with Crippen molar-refractivity contribution in [2.75, 3.05) is 14.2 Å². The third-order valence-corrected chi connectivity index (χ3v) is 4.50. The van der Waals surface area contributed by atoms with E-state index in [1.54, 1.807) is 14.2 Å². The minimum Gasteiger partial charge on any atom is -0.496 e. The minimum atomic E-state index is 0.896. The Morgan fingerprint density at radius 2 is 0.833 bits per heavy atom. The van der Waals surface area contributed by atoms with Crippen molar-refractivity contribution in [1.29, 1.82) is 0 Å². The Morgan fingerprint density at radius 3 is 1.21 bits per heavy atom. The van der Waals surface area contributed by atoms with Crippen molar-refractivity contribution in [2.24, 2.45) is 0 Å². The maximum atomic E-state index is 5.52. The summed E-state index contributed by atoms with van der Waals surface area (Å²) in [6.45, 7) is 0. The van der Waals surface area contributed by atoms with E-state index in [1.165, 1.54) is 21.9 Å². The van der Waals surface area contributed by atoms with Gasteiger partial charge >= 0.3 is 0 Å². The second-order valence-electron chi connectivity index (χ2n) is 5.72. The third kappa shape index (κ3) is 2.19. The molecule has 118 valence electrons. The van der Waals surface area contributed by atoms with Gasteiger partial charge in [0.1, 0.15) is 11.5 Å². The lowest BCUT2D eigenvalue weighted by molar-refractivity contribution is 0.419. The third-order valence-electron chi connectivity index (χ3n) is 4.50. The first-order chi connectivity index (χ1) is 11.8. The number of rotatable bonds is 3. The summed E-state index contributed by atoms with van der Waals surface area (Å²) >= 11 is 0. The van der Waals surface area contributed by atoms with Gasteiger partial charge in [-0.3, -0.25) is 0 Å². The predicted octanol–water partition coefficient (Wildman–Crippen LogP) is 5.68. The molecule has 0 saturated heterocycles. The first-order valence-electron chi connectivity index (χ1n) is 7.95. The highest BCUT2D eigenvalue weighted by atomic mass is 16.5. The number of ether oxygens (including phenoxy) is 2. The van der Waals surface area contributed by atoms with Crippen LogP contribution in [0.2, 0.25) is 0 Å². The number of benzene rings is 4. The Hall–Kier alpha value is -3.00. The molecule has 4 rings (SSSR count). The summed E-state index contributed by atoms with van der Waals surface area (Å²) in [6, 6.07) is 25.1. The van der Waals surface area contributed by atoms with Crippen molar-refractivity contribution in [3.8, 4) is 22.6 Å². The van der Waals surface area contributed by atoms with Crippen LogP contribution in [0.1, 0.15) is 0 Å². The molecule has 0 atom stereocenters. The molecule has 24 heavy (non-hydrogen) atoms. The first-order valence-corrected chi connectivity index (χ1v) is 7.95. The summed E-state index contributed by atoms with van der Waals surface area (Å²) in [5.74, 6) is 1.79. The van der Waals surface area contributed by atoms with Gasteiger partial charge < -0.3 is 9.47 Å². The summed E-state index contributed by atoms with van der Waals surface area (Å²) in [5, 5.41) is 4.62. The zero-order chi connectivity index (χ0) is 16.5. The zero-order valence-corrected chi connectivity index (χ0v) is 13.7. The number of hydrogen-bond acceptors (Lipinski definition) is 2. The molecule has 0 aliphatic heterocycles. The van der Waals surface area contributed by atoms with Gasteiger partial charge in [-0.25, -0.2) is 0 Å². The van der Waals surface area contributed by atoms with Crippen molar-refractivity contribution in [1.82, 2.24) is 0 Å². The van der Waals surface area contributed by atoms with E-state index in [1.807, 2.05) is 24.3 Å². The van der Waals surface area contributed by atoms with Crippen LogP contribution in [-0.2, 0) is 0 Å². The van der Waals surface area contributed by atoms with Crippen LogP contribution in [0.5, 0.6) is 11.5 Å². The molecule has 0 aliphatic rings. The van der Waals surface area contributed by atoms with Crippen LogP contribution >= 0.6 is 0 Å². The molecular formula is C22H18O2. The maximum absolute atomic E-state index is 5.52. The molecule has 0 amide bonds. The molecule has 0 unspecified atom stereocenters. The van der Waals surface area contributed by atoms with Gasteiger partial charge in [-0.1, -0.05) is 60.7 Å². The maximum Gasteiger partial charge on any atom is 0.126 e. The van der Waals surface area contributed by atoms with Crippen molar-refractivity contribution in [2.45, 2.75) is 0 Å². The fourth-order valence-corrected chi connectivity index (χ4v) is 3.37.